The molecule has 1 N–H and O–H groups in total. The number of benzene rings is 2. The molecule has 0 fully saturated rings. The maximum atomic E-state index is 12.8. The van der Waals surface area contributed by atoms with Crippen LogP contribution in [-0.2, 0) is 6.61 Å². The highest BCUT2D eigenvalue weighted by molar-refractivity contribution is 5.48. The molecular formula is C17H15FO3. The average Bonchev–Trinajstić information content (AvgIpc) is 2.52. The molecule has 0 aliphatic heterocycles. The zero-order chi connectivity index (χ0) is 15.1. The summed E-state index contributed by atoms with van der Waals surface area (Å²) in [6.07, 6.45) is 0. The van der Waals surface area contributed by atoms with E-state index >= 15 is 0 Å². The molecule has 0 unspecified atom stereocenters. The first-order valence-corrected chi connectivity index (χ1v) is 6.38. The van der Waals surface area contributed by atoms with E-state index in [2.05, 4.69) is 11.8 Å². The first-order valence-electron chi connectivity index (χ1n) is 6.38. The molecular weight excluding hydrogens is 271 g/mol. The Morgan fingerprint density at radius 1 is 1.14 bits per heavy atom. The summed E-state index contributed by atoms with van der Waals surface area (Å²) in [7, 11) is 1.56. The topological polar surface area (TPSA) is 38.7 Å². The first kappa shape index (κ1) is 14.9. The van der Waals surface area contributed by atoms with Gasteiger partial charge >= 0.3 is 0 Å². The Bertz CT molecular complexity index is 654. The second kappa shape index (κ2) is 7.32. The fourth-order valence-electron chi connectivity index (χ4n) is 1.77. The molecule has 0 saturated carbocycles. The summed E-state index contributed by atoms with van der Waals surface area (Å²) in [4.78, 5) is 0. The van der Waals surface area contributed by atoms with E-state index < -0.39 is 0 Å². The summed E-state index contributed by atoms with van der Waals surface area (Å²) in [5.41, 5.74) is 1.59. The third-order valence-electron chi connectivity index (χ3n) is 2.79. The lowest BCUT2D eigenvalue weighted by Gasteiger charge is -2.09. The standard InChI is InChI=1S/C17H15FO3/c1-20-17-9-4-13(11-14(17)3-2-10-19)12-21-16-7-5-15(18)6-8-16/h4-9,11,19H,10,12H2,1H3. The number of methoxy groups -OCH3 is 1. The van der Waals surface area contributed by atoms with Crippen LogP contribution in [0.25, 0.3) is 0 Å². The van der Waals surface area contributed by atoms with E-state index in [1.807, 2.05) is 12.1 Å². The van der Waals surface area contributed by atoms with E-state index in [4.69, 9.17) is 14.6 Å². The zero-order valence-electron chi connectivity index (χ0n) is 11.6. The van der Waals surface area contributed by atoms with Crippen molar-refractivity contribution in [3.8, 4) is 23.3 Å². The highest BCUT2D eigenvalue weighted by atomic mass is 19.1. The number of hydrogen-bond donors (Lipinski definition) is 1. The van der Waals surface area contributed by atoms with E-state index in [1.54, 1.807) is 25.3 Å². The molecule has 2 aromatic carbocycles. The molecule has 0 spiro atoms. The molecule has 0 amide bonds. The van der Waals surface area contributed by atoms with Crippen molar-refractivity contribution in [2.24, 2.45) is 0 Å². The van der Waals surface area contributed by atoms with Gasteiger partial charge in [0.05, 0.1) is 12.7 Å². The molecule has 0 aromatic heterocycles. The van der Waals surface area contributed by atoms with Gasteiger partial charge < -0.3 is 14.6 Å². The van der Waals surface area contributed by atoms with Crippen LogP contribution < -0.4 is 9.47 Å². The van der Waals surface area contributed by atoms with Gasteiger partial charge in [0.1, 0.15) is 30.5 Å². The third-order valence-corrected chi connectivity index (χ3v) is 2.79. The smallest absolute Gasteiger partial charge is 0.134 e. The number of halogens is 1. The highest BCUT2D eigenvalue weighted by Gasteiger charge is 2.03. The highest BCUT2D eigenvalue weighted by Crippen LogP contribution is 2.20. The molecule has 0 radical (unpaired) electrons. The summed E-state index contributed by atoms with van der Waals surface area (Å²) in [6, 6.07) is 11.3. The van der Waals surface area contributed by atoms with Crippen LogP contribution in [0.1, 0.15) is 11.1 Å². The zero-order valence-corrected chi connectivity index (χ0v) is 11.6. The van der Waals surface area contributed by atoms with Gasteiger partial charge in [-0.25, -0.2) is 4.39 Å². The van der Waals surface area contributed by atoms with Gasteiger partial charge in [-0.05, 0) is 42.0 Å². The van der Waals surface area contributed by atoms with Gasteiger partial charge in [0.25, 0.3) is 0 Å². The summed E-state index contributed by atoms with van der Waals surface area (Å²) >= 11 is 0. The molecule has 3 nitrogen and oxygen atoms in total. The van der Waals surface area contributed by atoms with E-state index in [0.29, 0.717) is 23.7 Å². The van der Waals surface area contributed by atoms with Crippen molar-refractivity contribution in [2.75, 3.05) is 13.7 Å². The lowest BCUT2D eigenvalue weighted by Crippen LogP contribution is -1.97. The minimum absolute atomic E-state index is 0.209. The van der Waals surface area contributed by atoms with Crippen molar-refractivity contribution in [1.29, 1.82) is 0 Å². The van der Waals surface area contributed by atoms with Crippen molar-refractivity contribution >= 4 is 0 Å². The van der Waals surface area contributed by atoms with Gasteiger partial charge in [0, 0.05) is 0 Å². The van der Waals surface area contributed by atoms with Crippen molar-refractivity contribution in [1.82, 2.24) is 0 Å². The van der Waals surface area contributed by atoms with Crippen molar-refractivity contribution in [3.05, 3.63) is 59.4 Å². The molecule has 108 valence electrons. The molecule has 0 atom stereocenters. The quantitative estimate of drug-likeness (QED) is 0.878. The predicted octanol–water partition coefficient (Wildman–Crippen LogP) is 2.76. The van der Waals surface area contributed by atoms with Gasteiger partial charge in [0.15, 0.2) is 0 Å². The molecule has 0 bridgehead atoms. The van der Waals surface area contributed by atoms with Crippen LogP contribution in [0.3, 0.4) is 0 Å². The predicted molar refractivity (Wildman–Crippen MR) is 77.7 cm³/mol. The van der Waals surface area contributed by atoms with Gasteiger partial charge in [-0.15, -0.1) is 0 Å². The number of aliphatic hydroxyl groups is 1. The molecule has 0 saturated heterocycles. The summed E-state index contributed by atoms with van der Waals surface area (Å²) in [6.45, 7) is 0.128. The van der Waals surface area contributed by atoms with Gasteiger partial charge in [-0.3, -0.25) is 0 Å². The molecule has 0 heterocycles. The fraction of sp³-hybridized carbons (Fsp3) is 0.176. The lowest BCUT2D eigenvalue weighted by atomic mass is 10.1. The minimum atomic E-state index is -0.298. The molecule has 2 aromatic rings. The Labute approximate surface area is 122 Å². The second-order valence-corrected chi connectivity index (χ2v) is 4.24. The molecule has 2 rings (SSSR count). The first-order chi connectivity index (χ1) is 10.2. The van der Waals surface area contributed by atoms with E-state index in [-0.39, 0.29) is 12.4 Å². The van der Waals surface area contributed by atoms with Crippen LogP contribution in [0.4, 0.5) is 4.39 Å². The van der Waals surface area contributed by atoms with Crippen LogP contribution in [0.5, 0.6) is 11.5 Å². The summed E-state index contributed by atoms with van der Waals surface area (Å²) in [5, 5.41) is 8.77. The van der Waals surface area contributed by atoms with E-state index in [0.717, 1.165) is 5.56 Å². The second-order valence-electron chi connectivity index (χ2n) is 4.24. The van der Waals surface area contributed by atoms with Crippen LogP contribution in [0.15, 0.2) is 42.5 Å². The molecule has 21 heavy (non-hydrogen) atoms. The van der Waals surface area contributed by atoms with E-state index in [1.165, 1.54) is 12.1 Å². The van der Waals surface area contributed by atoms with Crippen molar-refractivity contribution < 1.29 is 19.0 Å². The van der Waals surface area contributed by atoms with E-state index in [9.17, 15) is 4.39 Å². The molecule has 0 aliphatic rings. The summed E-state index contributed by atoms with van der Waals surface area (Å²) in [5.74, 6) is 6.35. The Morgan fingerprint density at radius 2 is 1.90 bits per heavy atom. The minimum Gasteiger partial charge on any atom is -0.495 e. The number of hydrogen-bond acceptors (Lipinski definition) is 3. The van der Waals surface area contributed by atoms with Gasteiger partial charge in [-0.1, -0.05) is 17.9 Å². The number of ether oxygens (including phenoxy) is 2. The Kier molecular flexibility index (Phi) is 5.19. The summed E-state index contributed by atoms with van der Waals surface area (Å²) < 4.78 is 23.6. The van der Waals surface area contributed by atoms with Gasteiger partial charge in [0.2, 0.25) is 0 Å². The number of aliphatic hydroxyl groups excluding tert-OH is 1. The largest absolute Gasteiger partial charge is 0.495 e. The Balaban J connectivity index is 2.11. The normalized spacial score (nSPS) is 9.67. The molecule has 4 heteroatoms. The number of rotatable bonds is 4. The monoisotopic (exact) mass is 286 g/mol. The Morgan fingerprint density at radius 3 is 2.57 bits per heavy atom. The average molecular weight is 286 g/mol. The maximum Gasteiger partial charge on any atom is 0.134 e. The van der Waals surface area contributed by atoms with Gasteiger partial charge in [-0.2, -0.15) is 0 Å². The fourth-order valence-corrected chi connectivity index (χ4v) is 1.77. The van der Waals surface area contributed by atoms with Crippen LogP contribution in [0, 0.1) is 17.7 Å². The SMILES string of the molecule is COc1ccc(COc2ccc(F)cc2)cc1C#CCO. The maximum absolute atomic E-state index is 12.8. The van der Waals surface area contributed by atoms with Crippen LogP contribution in [0.2, 0.25) is 0 Å². The third kappa shape index (κ3) is 4.23. The lowest BCUT2D eigenvalue weighted by molar-refractivity contribution is 0.305. The van der Waals surface area contributed by atoms with Crippen LogP contribution in [-0.4, -0.2) is 18.8 Å². The molecule has 0 aliphatic carbocycles. The van der Waals surface area contributed by atoms with Crippen molar-refractivity contribution in [3.63, 3.8) is 0 Å². The van der Waals surface area contributed by atoms with Crippen LogP contribution >= 0.6 is 0 Å². The van der Waals surface area contributed by atoms with Crippen molar-refractivity contribution in [2.45, 2.75) is 6.61 Å². The Hall–Kier alpha value is -2.51.